The Labute approximate surface area is 145 Å². The lowest BCUT2D eigenvalue weighted by Gasteiger charge is -2.57. The molecule has 2 aromatic rings. The van der Waals surface area contributed by atoms with E-state index in [0.717, 1.165) is 18.7 Å². The van der Waals surface area contributed by atoms with Crippen molar-refractivity contribution in [2.75, 3.05) is 32.2 Å². The summed E-state index contributed by atoms with van der Waals surface area (Å²) in [5.41, 5.74) is 0.559. The Balaban J connectivity index is 1.35. The van der Waals surface area contributed by atoms with Crippen molar-refractivity contribution >= 4 is 11.7 Å². The third-order valence-corrected chi connectivity index (χ3v) is 4.63. The molecule has 130 valence electrons. The monoisotopic (exact) mass is 341 g/mol. The van der Waals surface area contributed by atoms with Crippen molar-refractivity contribution < 1.29 is 19.0 Å². The number of ether oxygens (including phenoxy) is 3. The molecule has 2 aliphatic rings. The third kappa shape index (κ3) is 2.98. The molecule has 4 rings (SSSR count). The highest BCUT2D eigenvalue weighted by atomic mass is 16.5. The minimum absolute atomic E-state index is 0.0745. The van der Waals surface area contributed by atoms with E-state index < -0.39 is 0 Å². The second-order valence-electron chi connectivity index (χ2n) is 6.21. The molecule has 2 saturated heterocycles. The summed E-state index contributed by atoms with van der Waals surface area (Å²) in [5, 5.41) is 2.87. The van der Waals surface area contributed by atoms with E-state index in [1.54, 1.807) is 37.6 Å². The quantitative estimate of drug-likeness (QED) is 0.926. The second-order valence-corrected chi connectivity index (χ2v) is 6.21. The van der Waals surface area contributed by atoms with Gasteiger partial charge in [-0.3, -0.25) is 0 Å². The van der Waals surface area contributed by atoms with Crippen LogP contribution in [0.3, 0.4) is 0 Å². The molecule has 1 aromatic heterocycles. The van der Waals surface area contributed by atoms with Gasteiger partial charge in [-0.15, -0.1) is 0 Å². The summed E-state index contributed by atoms with van der Waals surface area (Å²) in [4.78, 5) is 18.4. The van der Waals surface area contributed by atoms with Crippen molar-refractivity contribution in [3.63, 3.8) is 0 Å². The summed E-state index contributed by atoms with van der Waals surface area (Å²) < 4.78 is 16.0. The zero-order valence-electron chi connectivity index (χ0n) is 13.9. The van der Waals surface area contributed by atoms with Crippen LogP contribution in [0, 0.1) is 0 Å². The van der Waals surface area contributed by atoms with Crippen LogP contribution < -0.4 is 14.8 Å². The van der Waals surface area contributed by atoms with Gasteiger partial charge in [0.25, 0.3) is 0 Å². The number of amides is 2. The summed E-state index contributed by atoms with van der Waals surface area (Å²) >= 11 is 0. The standard InChI is InChI=1S/C18H19N3O4/c1-23-14-3-5-15(6-4-14)25-16-7-2-13(10-19-16)20-17(22)21-9-8-18(21)11-24-12-18/h2-7,10H,8-9,11-12H2,1H3,(H,20,22). The van der Waals surface area contributed by atoms with Crippen LogP contribution in [0.2, 0.25) is 0 Å². The summed E-state index contributed by atoms with van der Waals surface area (Å²) in [5.74, 6) is 1.88. The van der Waals surface area contributed by atoms with Crippen LogP contribution in [0.15, 0.2) is 42.6 Å². The van der Waals surface area contributed by atoms with E-state index in [2.05, 4.69) is 10.3 Å². The van der Waals surface area contributed by atoms with Gasteiger partial charge in [0.1, 0.15) is 11.5 Å². The highest BCUT2D eigenvalue weighted by Crippen LogP contribution is 2.37. The fourth-order valence-corrected chi connectivity index (χ4v) is 2.96. The van der Waals surface area contributed by atoms with E-state index in [1.165, 1.54) is 0 Å². The first-order valence-electron chi connectivity index (χ1n) is 8.13. The number of nitrogens with zero attached hydrogens (tertiary/aromatic N) is 2. The predicted molar refractivity (Wildman–Crippen MR) is 91.2 cm³/mol. The summed E-state index contributed by atoms with van der Waals surface area (Å²) in [6.07, 6.45) is 2.59. The molecule has 7 heteroatoms. The number of benzene rings is 1. The molecule has 2 aliphatic heterocycles. The number of anilines is 1. The molecular formula is C18H19N3O4. The van der Waals surface area contributed by atoms with Gasteiger partial charge in [0, 0.05) is 12.6 Å². The average molecular weight is 341 g/mol. The molecule has 1 aromatic carbocycles. The molecule has 1 spiro atoms. The van der Waals surface area contributed by atoms with Crippen molar-refractivity contribution in [1.82, 2.24) is 9.88 Å². The lowest BCUT2D eigenvalue weighted by Crippen LogP contribution is -2.72. The fraction of sp³-hybridized carbons (Fsp3) is 0.333. The molecular weight excluding hydrogens is 322 g/mol. The topological polar surface area (TPSA) is 72.9 Å². The fourth-order valence-electron chi connectivity index (χ4n) is 2.96. The highest BCUT2D eigenvalue weighted by Gasteiger charge is 2.53. The predicted octanol–water partition coefficient (Wildman–Crippen LogP) is 2.89. The molecule has 3 heterocycles. The van der Waals surface area contributed by atoms with Crippen molar-refractivity contribution in [1.29, 1.82) is 0 Å². The van der Waals surface area contributed by atoms with Crippen molar-refractivity contribution in [2.45, 2.75) is 12.0 Å². The zero-order valence-corrected chi connectivity index (χ0v) is 13.9. The van der Waals surface area contributed by atoms with Crippen LogP contribution in [-0.2, 0) is 4.74 Å². The number of urea groups is 1. The summed E-state index contributed by atoms with van der Waals surface area (Å²) in [6.45, 7) is 2.03. The van der Waals surface area contributed by atoms with Gasteiger partial charge in [0.15, 0.2) is 0 Å². The summed E-state index contributed by atoms with van der Waals surface area (Å²) in [6, 6.07) is 10.6. The molecule has 0 unspecified atom stereocenters. The number of carbonyl (C=O) groups is 1. The van der Waals surface area contributed by atoms with Crippen molar-refractivity contribution in [3.8, 4) is 17.4 Å². The molecule has 0 aliphatic carbocycles. The SMILES string of the molecule is COc1ccc(Oc2ccc(NC(=O)N3CCC34COC4)cn2)cc1. The maximum absolute atomic E-state index is 12.3. The Morgan fingerprint density at radius 1 is 1.20 bits per heavy atom. The van der Waals surface area contributed by atoms with Crippen molar-refractivity contribution in [3.05, 3.63) is 42.6 Å². The lowest BCUT2D eigenvalue weighted by molar-refractivity contribution is -0.168. The van der Waals surface area contributed by atoms with Crippen molar-refractivity contribution in [2.24, 2.45) is 0 Å². The number of nitrogens with one attached hydrogen (secondary N) is 1. The molecule has 1 N–H and O–H groups in total. The van der Waals surface area contributed by atoms with E-state index >= 15 is 0 Å². The largest absolute Gasteiger partial charge is 0.497 e. The average Bonchev–Trinajstić information content (AvgIpc) is 2.55. The first kappa shape index (κ1) is 15.7. The Kier molecular flexibility index (Phi) is 3.93. The van der Waals surface area contributed by atoms with Gasteiger partial charge in [-0.25, -0.2) is 9.78 Å². The Hall–Kier alpha value is -2.80. The minimum Gasteiger partial charge on any atom is -0.497 e. The molecule has 0 bridgehead atoms. The summed E-state index contributed by atoms with van der Waals surface area (Å²) in [7, 11) is 1.62. The van der Waals surface area contributed by atoms with Gasteiger partial charge < -0.3 is 24.4 Å². The number of carbonyl (C=O) groups excluding carboxylic acids is 1. The van der Waals surface area contributed by atoms with Crippen LogP contribution in [0.5, 0.6) is 17.4 Å². The maximum Gasteiger partial charge on any atom is 0.322 e. The van der Waals surface area contributed by atoms with Gasteiger partial charge in [-0.1, -0.05) is 0 Å². The smallest absolute Gasteiger partial charge is 0.322 e. The molecule has 25 heavy (non-hydrogen) atoms. The Morgan fingerprint density at radius 3 is 2.48 bits per heavy atom. The first-order chi connectivity index (χ1) is 12.2. The highest BCUT2D eigenvalue weighted by molar-refractivity contribution is 5.90. The normalized spacial score (nSPS) is 17.4. The van der Waals surface area contributed by atoms with E-state index in [0.29, 0.717) is 30.5 Å². The molecule has 0 saturated carbocycles. The molecule has 2 amide bonds. The Bertz CT molecular complexity index is 751. The number of likely N-dealkylation sites (tertiary alicyclic amines) is 1. The molecule has 0 radical (unpaired) electrons. The number of hydrogen-bond donors (Lipinski definition) is 1. The number of hydrogen-bond acceptors (Lipinski definition) is 5. The van der Waals surface area contributed by atoms with Gasteiger partial charge in [0.05, 0.1) is 37.7 Å². The number of pyridine rings is 1. The van der Waals surface area contributed by atoms with E-state index in [9.17, 15) is 4.79 Å². The third-order valence-electron chi connectivity index (χ3n) is 4.63. The van der Waals surface area contributed by atoms with Gasteiger partial charge in [0.2, 0.25) is 5.88 Å². The van der Waals surface area contributed by atoms with E-state index in [-0.39, 0.29) is 11.6 Å². The van der Waals surface area contributed by atoms with Gasteiger partial charge in [-0.05, 0) is 36.8 Å². The molecule has 7 nitrogen and oxygen atoms in total. The minimum atomic E-state index is -0.111. The van der Waals surface area contributed by atoms with Crippen LogP contribution in [0.4, 0.5) is 10.5 Å². The van der Waals surface area contributed by atoms with Gasteiger partial charge in [-0.2, -0.15) is 0 Å². The lowest BCUT2D eigenvalue weighted by atomic mass is 9.83. The van der Waals surface area contributed by atoms with Gasteiger partial charge >= 0.3 is 6.03 Å². The molecule has 2 fully saturated rings. The Morgan fingerprint density at radius 2 is 1.96 bits per heavy atom. The number of methoxy groups -OCH3 is 1. The number of aromatic nitrogens is 1. The maximum atomic E-state index is 12.3. The zero-order chi connectivity index (χ0) is 17.3. The second kappa shape index (κ2) is 6.25. The van der Waals surface area contributed by atoms with Crippen LogP contribution in [0.1, 0.15) is 6.42 Å². The van der Waals surface area contributed by atoms with Crippen LogP contribution in [0.25, 0.3) is 0 Å². The van der Waals surface area contributed by atoms with E-state index in [4.69, 9.17) is 14.2 Å². The first-order valence-corrected chi connectivity index (χ1v) is 8.13. The number of rotatable bonds is 4. The van der Waals surface area contributed by atoms with Crippen LogP contribution >= 0.6 is 0 Å². The molecule has 0 atom stereocenters. The van der Waals surface area contributed by atoms with E-state index in [1.807, 2.05) is 17.0 Å². The van der Waals surface area contributed by atoms with Crippen LogP contribution in [-0.4, -0.2) is 48.3 Å².